The molecule has 0 aliphatic rings. The minimum Gasteiger partial charge on any atom is -0.494 e. The van der Waals surface area contributed by atoms with E-state index >= 15 is 0 Å². The number of methoxy groups -OCH3 is 1. The van der Waals surface area contributed by atoms with Crippen molar-refractivity contribution < 1.29 is 23.8 Å². The van der Waals surface area contributed by atoms with Crippen molar-refractivity contribution in [3.05, 3.63) is 58.6 Å². The first kappa shape index (κ1) is 23.1. The third-order valence-corrected chi connectivity index (χ3v) is 4.14. The van der Waals surface area contributed by atoms with Crippen LogP contribution in [-0.2, 0) is 4.79 Å². The topological polar surface area (TPSA) is 85.9 Å². The van der Waals surface area contributed by atoms with E-state index in [0.717, 1.165) is 6.42 Å². The molecule has 7 nitrogen and oxygen atoms in total. The van der Waals surface area contributed by atoms with E-state index < -0.39 is 11.8 Å². The molecule has 2 amide bonds. The standard InChI is InChI=1S/C22H25ClN2O5/c1-4-12-30-21-18(23)13-15(14-19(21)28-3)6-11-20(26)24-25-22(27)16-7-9-17(10-8-16)29-5-2/h6-11,13-14H,4-5,12H2,1-3H3,(H,24,26)(H,25,27)/b11-6+. The molecule has 0 spiro atoms. The summed E-state index contributed by atoms with van der Waals surface area (Å²) >= 11 is 6.26. The number of hydrogen-bond acceptors (Lipinski definition) is 5. The molecule has 0 fully saturated rings. The maximum absolute atomic E-state index is 12.1. The van der Waals surface area contributed by atoms with Gasteiger partial charge in [-0.3, -0.25) is 20.4 Å². The van der Waals surface area contributed by atoms with Gasteiger partial charge in [0.15, 0.2) is 11.5 Å². The van der Waals surface area contributed by atoms with Crippen LogP contribution in [0.15, 0.2) is 42.5 Å². The molecule has 2 aromatic carbocycles. The van der Waals surface area contributed by atoms with Gasteiger partial charge in [0.05, 0.1) is 25.3 Å². The van der Waals surface area contributed by atoms with Gasteiger partial charge in [-0.25, -0.2) is 0 Å². The van der Waals surface area contributed by atoms with Gasteiger partial charge in [0.1, 0.15) is 5.75 Å². The van der Waals surface area contributed by atoms with Crippen molar-refractivity contribution in [1.82, 2.24) is 10.9 Å². The summed E-state index contributed by atoms with van der Waals surface area (Å²) in [5.41, 5.74) is 5.72. The van der Waals surface area contributed by atoms with Crippen molar-refractivity contribution in [1.29, 1.82) is 0 Å². The number of amides is 2. The van der Waals surface area contributed by atoms with E-state index in [-0.39, 0.29) is 0 Å². The van der Waals surface area contributed by atoms with Gasteiger partial charge in [-0.2, -0.15) is 0 Å². The van der Waals surface area contributed by atoms with E-state index in [1.54, 1.807) is 42.5 Å². The van der Waals surface area contributed by atoms with Gasteiger partial charge in [0.25, 0.3) is 11.8 Å². The number of ether oxygens (including phenoxy) is 3. The van der Waals surface area contributed by atoms with Crippen LogP contribution in [0.25, 0.3) is 6.08 Å². The van der Waals surface area contributed by atoms with Crippen molar-refractivity contribution in [2.45, 2.75) is 20.3 Å². The van der Waals surface area contributed by atoms with Crippen LogP contribution in [0, 0.1) is 0 Å². The second kappa shape index (κ2) is 11.7. The lowest BCUT2D eigenvalue weighted by molar-refractivity contribution is -0.117. The minimum absolute atomic E-state index is 0.381. The Morgan fingerprint density at radius 2 is 1.80 bits per heavy atom. The maximum atomic E-state index is 12.1. The number of benzene rings is 2. The Morgan fingerprint density at radius 3 is 2.43 bits per heavy atom. The van der Waals surface area contributed by atoms with Gasteiger partial charge in [-0.1, -0.05) is 18.5 Å². The Balaban J connectivity index is 1.95. The van der Waals surface area contributed by atoms with E-state index in [1.807, 2.05) is 13.8 Å². The summed E-state index contributed by atoms with van der Waals surface area (Å²) in [5, 5.41) is 0.381. The molecule has 0 heterocycles. The van der Waals surface area contributed by atoms with Crippen LogP contribution in [0.4, 0.5) is 0 Å². The first-order valence-electron chi connectivity index (χ1n) is 9.50. The second-order valence-electron chi connectivity index (χ2n) is 6.12. The molecular weight excluding hydrogens is 408 g/mol. The zero-order valence-corrected chi connectivity index (χ0v) is 17.9. The maximum Gasteiger partial charge on any atom is 0.269 e. The summed E-state index contributed by atoms with van der Waals surface area (Å²) in [5.74, 6) is 0.656. The fourth-order valence-corrected chi connectivity index (χ4v) is 2.73. The van der Waals surface area contributed by atoms with Gasteiger partial charge < -0.3 is 14.2 Å². The highest BCUT2D eigenvalue weighted by Gasteiger charge is 2.11. The van der Waals surface area contributed by atoms with E-state index in [4.69, 9.17) is 25.8 Å². The minimum atomic E-state index is -0.504. The number of carbonyl (C=O) groups is 2. The van der Waals surface area contributed by atoms with E-state index in [2.05, 4.69) is 10.9 Å². The Hall–Kier alpha value is -3.19. The van der Waals surface area contributed by atoms with Gasteiger partial charge in [-0.05, 0) is 61.4 Å². The molecule has 0 bridgehead atoms. The molecule has 2 rings (SSSR count). The zero-order valence-electron chi connectivity index (χ0n) is 17.2. The molecule has 2 N–H and O–H groups in total. The summed E-state index contributed by atoms with van der Waals surface area (Å²) in [6.45, 7) is 4.92. The number of rotatable bonds is 9. The lowest BCUT2D eigenvalue weighted by Crippen LogP contribution is -2.40. The second-order valence-corrected chi connectivity index (χ2v) is 6.52. The van der Waals surface area contributed by atoms with Crippen molar-refractivity contribution in [3.63, 3.8) is 0 Å². The van der Waals surface area contributed by atoms with Crippen LogP contribution < -0.4 is 25.1 Å². The fraction of sp³-hybridized carbons (Fsp3) is 0.273. The largest absolute Gasteiger partial charge is 0.494 e. The number of nitrogens with one attached hydrogen (secondary N) is 2. The quantitative estimate of drug-likeness (QED) is 0.462. The average Bonchev–Trinajstić information content (AvgIpc) is 2.75. The molecule has 0 aromatic heterocycles. The first-order chi connectivity index (χ1) is 14.5. The molecule has 0 aliphatic carbocycles. The van der Waals surface area contributed by atoms with Crippen molar-refractivity contribution in [3.8, 4) is 17.2 Å². The summed E-state index contributed by atoms with van der Waals surface area (Å²) in [6, 6.07) is 9.96. The number of halogens is 1. The smallest absolute Gasteiger partial charge is 0.269 e. The highest BCUT2D eigenvalue weighted by atomic mass is 35.5. The predicted octanol–water partition coefficient (Wildman–Crippen LogP) is 4.01. The molecule has 160 valence electrons. The zero-order chi connectivity index (χ0) is 21.9. The first-order valence-corrected chi connectivity index (χ1v) is 9.87. The van der Waals surface area contributed by atoms with Gasteiger partial charge >= 0.3 is 0 Å². The van der Waals surface area contributed by atoms with E-state index in [1.165, 1.54) is 13.2 Å². The third kappa shape index (κ3) is 6.70. The summed E-state index contributed by atoms with van der Waals surface area (Å²) in [4.78, 5) is 24.1. The molecule has 2 aromatic rings. The normalized spacial score (nSPS) is 10.5. The van der Waals surface area contributed by atoms with Gasteiger partial charge in [-0.15, -0.1) is 0 Å². The van der Waals surface area contributed by atoms with Crippen LogP contribution in [0.5, 0.6) is 17.2 Å². The van der Waals surface area contributed by atoms with Crippen LogP contribution in [0.3, 0.4) is 0 Å². The highest BCUT2D eigenvalue weighted by molar-refractivity contribution is 6.32. The highest BCUT2D eigenvalue weighted by Crippen LogP contribution is 2.36. The Morgan fingerprint density at radius 1 is 1.07 bits per heavy atom. The monoisotopic (exact) mass is 432 g/mol. The molecule has 8 heteroatoms. The molecule has 0 saturated heterocycles. The Kier molecular flexibility index (Phi) is 9.03. The van der Waals surface area contributed by atoms with Gasteiger partial charge in [0, 0.05) is 11.6 Å². The van der Waals surface area contributed by atoms with Crippen molar-refractivity contribution >= 4 is 29.5 Å². The molecule has 0 radical (unpaired) electrons. The number of carbonyl (C=O) groups excluding carboxylic acids is 2. The molecule has 0 aliphatic heterocycles. The summed E-state index contributed by atoms with van der Waals surface area (Å²) < 4.78 is 16.2. The summed E-state index contributed by atoms with van der Waals surface area (Å²) in [7, 11) is 1.51. The molecule has 0 atom stereocenters. The SMILES string of the molecule is CCCOc1c(Cl)cc(/C=C/C(=O)NNC(=O)c2ccc(OCC)cc2)cc1OC. The van der Waals surface area contributed by atoms with Crippen molar-refractivity contribution in [2.75, 3.05) is 20.3 Å². The van der Waals surface area contributed by atoms with E-state index in [0.29, 0.717) is 46.6 Å². The van der Waals surface area contributed by atoms with Gasteiger partial charge in [0.2, 0.25) is 0 Å². The molecule has 30 heavy (non-hydrogen) atoms. The predicted molar refractivity (Wildman–Crippen MR) is 116 cm³/mol. The van der Waals surface area contributed by atoms with Crippen molar-refractivity contribution in [2.24, 2.45) is 0 Å². The lowest BCUT2D eigenvalue weighted by atomic mass is 10.2. The van der Waals surface area contributed by atoms with Crippen LogP contribution in [0.1, 0.15) is 36.2 Å². The lowest BCUT2D eigenvalue weighted by Gasteiger charge is -2.12. The number of hydrazine groups is 1. The Bertz CT molecular complexity index is 897. The molecule has 0 saturated carbocycles. The van der Waals surface area contributed by atoms with Crippen LogP contribution in [0.2, 0.25) is 5.02 Å². The molecular formula is C22H25ClN2O5. The summed E-state index contributed by atoms with van der Waals surface area (Å²) in [6.07, 6.45) is 3.66. The fourth-order valence-electron chi connectivity index (χ4n) is 2.45. The Labute approximate surface area is 180 Å². The van der Waals surface area contributed by atoms with Crippen LogP contribution >= 0.6 is 11.6 Å². The average molecular weight is 433 g/mol. The number of hydrogen-bond donors (Lipinski definition) is 2. The van der Waals surface area contributed by atoms with Crippen LogP contribution in [-0.4, -0.2) is 32.1 Å². The van der Waals surface area contributed by atoms with E-state index in [9.17, 15) is 9.59 Å². The molecule has 0 unspecified atom stereocenters. The third-order valence-electron chi connectivity index (χ3n) is 3.86.